The van der Waals surface area contributed by atoms with Crippen molar-refractivity contribution < 1.29 is 14.3 Å². The lowest BCUT2D eigenvalue weighted by atomic mass is 10.0. The predicted octanol–water partition coefficient (Wildman–Crippen LogP) is 1.33. The summed E-state index contributed by atoms with van der Waals surface area (Å²) in [7, 11) is 1.63. The van der Waals surface area contributed by atoms with Crippen molar-refractivity contribution in [3.05, 3.63) is 29.8 Å². The van der Waals surface area contributed by atoms with Crippen LogP contribution in [0.5, 0.6) is 5.75 Å². The number of hydrogen-bond acceptors (Lipinski definition) is 4. The fourth-order valence-electron chi connectivity index (χ4n) is 3.35. The second-order valence-electron chi connectivity index (χ2n) is 6.58. The molecule has 2 aliphatic heterocycles. The molecule has 2 fully saturated rings. The molecule has 0 aromatic heterocycles. The monoisotopic (exact) mass is 367 g/mol. The van der Waals surface area contributed by atoms with Gasteiger partial charge in [-0.3, -0.25) is 9.59 Å². The molecule has 2 atom stereocenters. The fourth-order valence-corrected chi connectivity index (χ4v) is 3.35. The first kappa shape index (κ1) is 19.5. The van der Waals surface area contributed by atoms with Gasteiger partial charge in [0, 0.05) is 32.1 Å². The molecular weight excluding hydrogens is 342 g/mol. The van der Waals surface area contributed by atoms with Crippen molar-refractivity contribution in [3.63, 3.8) is 0 Å². The smallest absolute Gasteiger partial charge is 0.225 e. The van der Waals surface area contributed by atoms with Crippen LogP contribution < -0.4 is 15.4 Å². The number of benzene rings is 1. The number of methoxy groups -OCH3 is 1. The molecule has 0 spiro atoms. The number of halogens is 1. The van der Waals surface area contributed by atoms with Gasteiger partial charge in [-0.2, -0.15) is 0 Å². The SMILES string of the molecule is COc1ccc(CN2CC(C(=O)NC3CCCNC3)CC2=O)cc1.Cl. The van der Waals surface area contributed by atoms with Gasteiger partial charge in [0.25, 0.3) is 0 Å². The summed E-state index contributed by atoms with van der Waals surface area (Å²) in [6.45, 7) is 2.88. The van der Waals surface area contributed by atoms with E-state index >= 15 is 0 Å². The maximum atomic E-state index is 12.4. The van der Waals surface area contributed by atoms with Gasteiger partial charge in [-0.1, -0.05) is 12.1 Å². The minimum absolute atomic E-state index is 0. The minimum Gasteiger partial charge on any atom is -0.497 e. The summed E-state index contributed by atoms with van der Waals surface area (Å²) in [5.41, 5.74) is 1.04. The third-order valence-electron chi connectivity index (χ3n) is 4.76. The Bertz CT molecular complexity index is 588. The largest absolute Gasteiger partial charge is 0.497 e. The van der Waals surface area contributed by atoms with Crippen LogP contribution >= 0.6 is 12.4 Å². The summed E-state index contributed by atoms with van der Waals surface area (Å²) in [6.07, 6.45) is 2.40. The van der Waals surface area contributed by atoms with Crippen molar-refractivity contribution >= 4 is 24.2 Å². The van der Waals surface area contributed by atoms with E-state index in [0.717, 1.165) is 37.2 Å². The molecular formula is C18H26ClN3O3. The van der Waals surface area contributed by atoms with Crippen LogP contribution in [0.3, 0.4) is 0 Å². The molecule has 7 heteroatoms. The average Bonchev–Trinajstić information content (AvgIpc) is 2.97. The van der Waals surface area contributed by atoms with Gasteiger partial charge in [0.2, 0.25) is 11.8 Å². The van der Waals surface area contributed by atoms with Crippen LogP contribution in [0.2, 0.25) is 0 Å². The lowest BCUT2D eigenvalue weighted by Gasteiger charge is -2.25. The average molecular weight is 368 g/mol. The number of nitrogens with one attached hydrogen (secondary N) is 2. The normalized spacial score (nSPS) is 23.1. The number of amides is 2. The molecule has 0 saturated carbocycles. The Morgan fingerprint density at radius 2 is 2.12 bits per heavy atom. The van der Waals surface area contributed by atoms with Crippen LogP contribution in [0.1, 0.15) is 24.8 Å². The first-order valence-corrected chi connectivity index (χ1v) is 8.57. The van der Waals surface area contributed by atoms with Gasteiger partial charge in [0.15, 0.2) is 0 Å². The molecule has 0 radical (unpaired) electrons. The Morgan fingerprint density at radius 3 is 2.76 bits per heavy atom. The molecule has 2 N–H and O–H groups in total. The number of carbonyl (C=O) groups excluding carboxylic acids is 2. The highest BCUT2D eigenvalue weighted by Crippen LogP contribution is 2.22. The van der Waals surface area contributed by atoms with Crippen molar-refractivity contribution in [2.24, 2.45) is 5.92 Å². The Balaban J connectivity index is 0.00000225. The quantitative estimate of drug-likeness (QED) is 0.823. The Morgan fingerprint density at radius 1 is 1.36 bits per heavy atom. The van der Waals surface area contributed by atoms with Gasteiger partial charge in [-0.25, -0.2) is 0 Å². The van der Waals surface area contributed by atoms with Crippen molar-refractivity contribution in [2.45, 2.75) is 31.8 Å². The molecule has 1 aromatic rings. The Labute approximate surface area is 154 Å². The van der Waals surface area contributed by atoms with Crippen LogP contribution in [0.15, 0.2) is 24.3 Å². The molecule has 2 aliphatic rings. The van der Waals surface area contributed by atoms with Crippen LogP contribution in [-0.2, 0) is 16.1 Å². The summed E-state index contributed by atoms with van der Waals surface area (Å²) in [4.78, 5) is 26.4. The zero-order chi connectivity index (χ0) is 16.9. The van der Waals surface area contributed by atoms with Crippen LogP contribution in [-0.4, -0.2) is 49.5 Å². The molecule has 3 rings (SSSR count). The van der Waals surface area contributed by atoms with Crippen molar-refractivity contribution in [3.8, 4) is 5.75 Å². The summed E-state index contributed by atoms with van der Waals surface area (Å²) in [6, 6.07) is 7.86. The topological polar surface area (TPSA) is 70.7 Å². The van der Waals surface area contributed by atoms with E-state index in [1.54, 1.807) is 12.0 Å². The lowest BCUT2D eigenvalue weighted by Crippen LogP contribution is -2.47. The number of ether oxygens (including phenoxy) is 1. The molecule has 0 aliphatic carbocycles. The van der Waals surface area contributed by atoms with E-state index in [9.17, 15) is 9.59 Å². The Hall–Kier alpha value is -1.79. The number of likely N-dealkylation sites (tertiary alicyclic amines) is 1. The summed E-state index contributed by atoms with van der Waals surface area (Å²) < 4.78 is 5.14. The number of rotatable bonds is 5. The standard InChI is InChI=1S/C18H25N3O3.ClH/c1-24-16-6-4-13(5-7-16)11-21-12-14(9-17(21)22)18(23)20-15-3-2-8-19-10-15;/h4-7,14-15,19H,2-3,8-12H2,1H3,(H,20,23);1H. The van der Waals surface area contributed by atoms with E-state index in [0.29, 0.717) is 19.5 Å². The lowest BCUT2D eigenvalue weighted by molar-refractivity contribution is -0.129. The molecule has 2 saturated heterocycles. The molecule has 2 unspecified atom stereocenters. The zero-order valence-electron chi connectivity index (χ0n) is 14.5. The van der Waals surface area contributed by atoms with Gasteiger partial charge in [0.1, 0.15) is 5.75 Å². The molecule has 138 valence electrons. The van der Waals surface area contributed by atoms with Crippen molar-refractivity contribution in [1.29, 1.82) is 0 Å². The van der Waals surface area contributed by atoms with E-state index in [-0.39, 0.29) is 36.2 Å². The van der Waals surface area contributed by atoms with E-state index in [4.69, 9.17) is 4.74 Å². The number of piperidine rings is 1. The number of nitrogens with zero attached hydrogens (tertiary/aromatic N) is 1. The second kappa shape index (κ2) is 9.06. The highest BCUT2D eigenvalue weighted by molar-refractivity contribution is 5.89. The highest BCUT2D eigenvalue weighted by atomic mass is 35.5. The van der Waals surface area contributed by atoms with E-state index < -0.39 is 0 Å². The number of carbonyl (C=O) groups is 2. The number of hydrogen-bond donors (Lipinski definition) is 2. The van der Waals surface area contributed by atoms with Gasteiger partial charge in [-0.05, 0) is 37.1 Å². The summed E-state index contributed by atoms with van der Waals surface area (Å²) >= 11 is 0. The first-order chi connectivity index (χ1) is 11.7. The predicted molar refractivity (Wildman–Crippen MR) is 97.8 cm³/mol. The zero-order valence-corrected chi connectivity index (χ0v) is 15.3. The third-order valence-corrected chi connectivity index (χ3v) is 4.76. The molecule has 2 amide bonds. The highest BCUT2D eigenvalue weighted by Gasteiger charge is 2.35. The third kappa shape index (κ3) is 5.09. The molecule has 6 nitrogen and oxygen atoms in total. The minimum atomic E-state index is -0.238. The fraction of sp³-hybridized carbons (Fsp3) is 0.556. The Kier molecular flexibility index (Phi) is 7.08. The molecule has 0 bridgehead atoms. The van der Waals surface area contributed by atoms with Gasteiger partial charge >= 0.3 is 0 Å². The molecule has 1 aromatic carbocycles. The summed E-state index contributed by atoms with van der Waals surface area (Å²) in [5, 5.41) is 6.37. The maximum Gasteiger partial charge on any atom is 0.225 e. The first-order valence-electron chi connectivity index (χ1n) is 8.57. The summed E-state index contributed by atoms with van der Waals surface area (Å²) in [5.74, 6) is 0.615. The van der Waals surface area contributed by atoms with E-state index in [1.807, 2.05) is 24.3 Å². The maximum absolute atomic E-state index is 12.4. The van der Waals surface area contributed by atoms with Crippen LogP contribution in [0.4, 0.5) is 0 Å². The van der Waals surface area contributed by atoms with Gasteiger partial charge in [0.05, 0.1) is 13.0 Å². The molecule has 25 heavy (non-hydrogen) atoms. The van der Waals surface area contributed by atoms with E-state index in [2.05, 4.69) is 10.6 Å². The van der Waals surface area contributed by atoms with Crippen molar-refractivity contribution in [1.82, 2.24) is 15.5 Å². The second-order valence-corrected chi connectivity index (χ2v) is 6.58. The molecule has 2 heterocycles. The van der Waals surface area contributed by atoms with Gasteiger partial charge in [-0.15, -0.1) is 12.4 Å². The van der Waals surface area contributed by atoms with Gasteiger partial charge < -0.3 is 20.3 Å². The van der Waals surface area contributed by atoms with Crippen LogP contribution in [0.25, 0.3) is 0 Å². The van der Waals surface area contributed by atoms with Crippen LogP contribution in [0, 0.1) is 5.92 Å². The van der Waals surface area contributed by atoms with Crippen molar-refractivity contribution in [2.75, 3.05) is 26.7 Å². The van der Waals surface area contributed by atoms with E-state index in [1.165, 1.54) is 0 Å².